The summed E-state index contributed by atoms with van der Waals surface area (Å²) in [5, 5.41) is 7.75. The molecule has 1 aliphatic heterocycles. The molecule has 2 aromatic carbocycles. The first-order valence-corrected chi connectivity index (χ1v) is 11.3. The van der Waals surface area contributed by atoms with Crippen LogP contribution in [-0.4, -0.2) is 50.5 Å². The number of benzene rings is 2. The monoisotopic (exact) mass is 472 g/mol. The molecule has 35 heavy (non-hydrogen) atoms. The molecule has 1 atom stereocenters. The smallest absolute Gasteiger partial charge is 0.267 e. The summed E-state index contributed by atoms with van der Waals surface area (Å²) < 4.78 is 28.0. The van der Waals surface area contributed by atoms with Gasteiger partial charge in [0.25, 0.3) is 5.56 Å². The van der Waals surface area contributed by atoms with Crippen molar-refractivity contribution in [1.82, 2.24) is 24.7 Å². The van der Waals surface area contributed by atoms with E-state index in [9.17, 15) is 9.18 Å². The molecule has 4 heterocycles. The first-order chi connectivity index (χ1) is 17.1. The Kier molecular flexibility index (Phi) is 5.05. The van der Waals surface area contributed by atoms with Crippen molar-refractivity contribution < 1.29 is 13.9 Å². The van der Waals surface area contributed by atoms with E-state index in [0.717, 1.165) is 0 Å². The number of nitrogens with one attached hydrogen (secondary N) is 1. The molecule has 3 aromatic heterocycles. The summed E-state index contributed by atoms with van der Waals surface area (Å²) in [6.45, 7) is 3.42. The second kappa shape index (κ2) is 8.39. The van der Waals surface area contributed by atoms with Crippen LogP contribution < -0.4 is 19.9 Å². The Balaban J connectivity index is 1.45. The molecule has 0 saturated heterocycles. The second-order valence-corrected chi connectivity index (χ2v) is 8.19. The molecule has 0 bridgehead atoms. The normalized spacial score (nSPS) is 15.0. The maximum absolute atomic E-state index is 14.8. The Labute approximate surface area is 198 Å². The summed E-state index contributed by atoms with van der Waals surface area (Å²) >= 11 is 0. The number of anilines is 1. The van der Waals surface area contributed by atoms with Crippen LogP contribution in [0.4, 0.5) is 10.3 Å². The molecule has 5 aromatic rings. The first kappa shape index (κ1) is 21.1. The number of nitrogens with zero attached hydrogens (tertiary/aromatic N) is 5. The number of likely N-dealkylation sites (N-methyl/N-ethyl adjacent to an activating group) is 1. The summed E-state index contributed by atoms with van der Waals surface area (Å²) in [6, 6.07) is 13.6. The van der Waals surface area contributed by atoms with Gasteiger partial charge in [-0.05, 0) is 31.2 Å². The highest BCUT2D eigenvalue weighted by Gasteiger charge is 2.25. The van der Waals surface area contributed by atoms with E-state index in [2.05, 4.69) is 15.2 Å². The van der Waals surface area contributed by atoms with E-state index in [1.165, 1.54) is 16.8 Å². The molecule has 0 saturated carbocycles. The average Bonchev–Trinajstić information content (AvgIpc) is 3.39. The largest absolute Gasteiger partial charge is 0.486 e. The fraction of sp³-hybridized carbons (Fsp3) is 0.200. The van der Waals surface area contributed by atoms with E-state index in [0.29, 0.717) is 53.4 Å². The van der Waals surface area contributed by atoms with Crippen LogP contribution in [-0.2, 0) is 0 Å². The number of pyridine rings is 1. The molecular formula is C25H21FN6O3. The van der Waals surface area contributed by atoms with E-state index in [1.807, 2.05) is 36.1 Å². The maximum Gasteiger partial charge on any atom is 0.267 e. The van der Waals surface area contributed by atoms with E-state index < -0.39 is 11.4 Å². The molecule has 6 rings (SSSR count). The van der Waals surface area contributed by atoms with Gasteiger partial charge in [-0.25, -0.2) is 9.37 Å². The van der Waals surface area contributed by atoms with Crippen molar-refractivity contribution in [3.63, 3.8) is 0 Å². The van der Waals surface area contributed by atoms with Gasteiger partial charge in [0.15, 0.2) is 23.3 Å². The zero-order valence-corrected chi connectivity index (χ0v) is 18.8. The minimum atomic E-state index is -0.530. The van der Waals surface area contributed by atoms with E-state index >= 15 is 0 Å². The van der Waals surface area contributed by atoms with Gasteiger partial charge in [-0.3, -0.25) is 14.5 Å². The average molecular weight is 472 g/mol. The van der Waals surface area contributed by atoms with Crippen LogP contribution in [0.5, 0.6) is 11.5 Å². The van der Waals surface area contributed by atoms with Crippen LogP contribution in [0.2, 0.25) is 0 Å². The lowest BCUT2D eigenvalue weighted by atomic mass is 10.2. The Morgan fingerprint density at radius 1 is 1.11 bits per heavy atom. The summed E-state index contributed by atoms with van der Waals surface area (Å²) in [5.74, 6) is 1.27. The second-order valence-electron chi connectivity index (χ2n) is 8.19. The number of aromatic amines is 1. The lowest BCUT2D eigenvalue weighted by Gasteiger charge is -2.31. The van der Waals surface area contributed by atoms with Crippen LogP contribution in [0.15, 0.2) is 65.7 Å². The lowest BCUT2D eigenvalue weighted by molar-refractivity contribution is 0.0952. The SMILES string of the molecule is CCN(CC1COc2ccccc2O1)c1ncc2c3[nH]ncc3c(=O)n(-c3ccccc3F)c2n1. The van der Waals surface area contributed by atoms with Crippen molar-refractivity contribution in [2.45, 2.75) is 13.0 Å². The number of ether oxygens (including phenoxy) is 2. The highest BCUT2D eigenvalue weighted by Crippen LogP contribution is 2.31. The standard InChI is InChI=1S/C25H21FN6O3/c1-2-31(13-15-14-34-20-9-5-6-10-21(20)35-15)25-27-11-16-22-17(12-28-30-22)24(33)32(23(16)29-25)19-8-4-3-7-18(19)26/h3-12,15H,2,13-14H2,1H3,(H,28,30). The highest BCUT2D eigenvalue weighted by atomic mass is 19.1. The van der Waals surface area contributed by atoms with Gasteiger partial charge in [-0.2, -0.15) is 10.1 Å². The van der Waals surface area contributed by atoms with Gasteiger partial charge in [-0.15, -0.1) is 0 Å². The quantitative estimate of drug-likeness (QED) is 0.418. The predicted molar refractivity (Wildman–Crippen MR) is 129 cm³/mol. The van der Waals surface area contributed by atoms with E-state index in [-0.39, 0.29) is 17.4 Å². The van der Waals surface area contributed by atoms with Crippen LogP contribution in [0.25, 0.3) is 27.6 Å². The van der Waals surface area contributed by atoms with Gasteiger partial charge in [0.2, 0.25) is 5.95 Å². The number of halogens is 1. The molecular weight excluding hydrogens is 451 g/mol. The van der Waals surface area contributed by atoms with E-state index in [1.54, 1.807) is 24.4 Å². The van der Waals surface area contributed by atoms with Crippen molar-refractivity contribution in [2.75, 3.05) is 24.6 Å². The number of fused-ring (bicyclic) bond motifs is 4. The van der Waals surface area contributed by atoms with Crippen molar-refractivity contribution in [1.29, 1.82) is 0 Å². The topological polar surface area (TPSA) is 98.2 Å². The summed E-state index contributed by atoms with van der Waals surface area (Å²) in [6.07, 6.45) is 2.82. The van der Waals surface area contributed by atoms with Crippen LogP contribution in [0.1, 0.15) is 6.92 Å². The molecule has 0 radical (unpaired) electrons. The van der Waals surface area contributed by atoms with Crippen molar-refractivity contribution in [3.05, 3.63) is 77.1 Å². The van der Waals surface area contributed by atoms with Crippen molar-refractivity contribution >= 4 is 27.9 Å². The first-order valence-electron chi connectivity index (χ1n) is 11.3. The lowest BCUT2D eigenvalue weighted by Crippen LogP contribution is -2.41. The van der Waals surface area contributed by atoms with Crippen LogP contribution in [0, 0.1) is 5.82 Å². The maximum atomic E-state index is 14.8. The van der Waals surface area contributed by atoms with Crippen LogP contribution >= 0.6 is 0 Å². The molecule has 0 fully saturated rings. The number of para-hydroxylation sites is 3. The molecule has 1 aliphatic rings. The number of H-pyrrole nitrogens is 1. The van der Waals surface area contributed by atoms with Gasteiger partial charge < -0.3 is 14.4 Å². The summed E-state index contributed by atoms with van der Waals surface area (Å²) in [4.78, 5) is 24.6. The molecule has 10 heteroatoms. The molecule has 0 amide bonds. The minimum absolute atomic E-state index is 0.110. The molecule has 0 aliphatic carbocycles. The van der Waals surface area contributed by atoms with Crippen molar-refractivity contribution in [3.8, 4) is 17.2 Å². The number of hydrogen-bond donors (Lipinski definition) is 1. The zero-order valence-electron chi connectivity index (χ0n) is 18.8. The fourth-order valence-corrected chi connectivity index (χ4v) is 4.34. The van der Waals surface area contributed by atoms with Gasteiger partial charge in [0.05, 0.1) is 34.7 Å². The Hall–Kier alpha value is -4.47. The third kappa shape index (κ3) is 3.54. The number of aromatic nitrogens is 5. The van der Waals surface area contributed by atoms with Gasteiger partial charge in [0.1, 0.15) is 12.4 Å². The van der Waals surface area contributed by atoms with Gasteiger partial charge >= 0.3 is 0 Å². The summed E-state index contributed by atoms with van der Waals surface area (Å²) in [5.41, 5.74) is 0.484. The zero-order chi connectivity index (χ0) is 23.9. The van der Waals surface area contributed by atoms with Gasteiger partial charge in [0, 0.05) is 12.7 Å². The highest BCUT2D eigenvalue weighted by molar-refractivity contribution is 6.02. The fourth-order valence-electron chi connectivity index (χ4n) is 4.34. The van der Waals surface area contributed by atoms with Crippen LogP contribution in [0.3, 0.4) is 0 Å². The third-order valence-electron chi connectivity index (χ3n) is 6.06. The van der Waals surface area contributed by atoms with Gasteiger partial charge in [-0.1, -0.05) is 24.3 Å². The molecule has 1 N–H and O–H groups in total. The Morgan fingerprint density at radius 2 is 1.91 bits per heavy atom. The molecule has 1 unspecified atom stereocenters. The number of rotatable bonds is 5. The molecule has 176 valence electrons. The molecule has 0 spiro atoms. The summed E-state index contributed by atoms with van der Waals surface area (Å²) in [7, 11) is 0. The third-order valence-corrected chi connectivity index (χ3v) is 6.06. The minimum Gasteiger partial charge on any atom is -0.486 e. The number of hydrogen-bond acceptors (Lipinski definition) is 7. The molecule has 9 nitrogen and oxygen atoms in total. The van der Waals surface area contributed by atoms with Crippen molar-refractivity contribution in [2.24, 2.45) is 0 Å². The Bertz CT molecular complexity index is 1610. The predicted octanol–water partition coefficient (Wildman–Crippen LogP) is 3.46. The Morgan fingerprint density at radius 3 is 2.74 bits per heavy atom. The van der Waals surface area contributed by atoms with E-state index in [4.69, 9.17) is 14.5 Å².